The van der Waals surface area contributed by atoms with E-state index in [1.807, 2.05) is 54.1 Å². The van der Waals surface area contributed by atoms with Gasteiger partial charge in [0.1, 0.15) is 0 Å². The molecular formula is C17H15N3O2Se. The van der Waals surface area contributed by atoms with Crippen molar-refractivity contribution in [2.24, 2.45) is 0 Å². The Hall–Kier alpha value is -2.43. The van der Waals surface area contributed by atoms with Crippen LogP contribution in [0.5, 0.6) is 0 Å². The van der Waals surface area contributed by atoms with Crippen LogP contribution in [0.15, 0.2) is 54.6 Å². The van der Waals surface area contributed by atoms with Gasteiger partial charge >= 0.3 is 140 Å². The minimum atomic E-state index is -0.374. The number of aryl methyl sites for hydroxylation is 1. The van der Waals surface area contributed by atoms with Gasteiger partial charge in [0.25, 0.3) is 0 Å². The van der Waals surface area contributed by atoms with Crippen LogP contribution < -0.4 is 8.92 Å². The fourth-order valence-corrected chi connectivity index (χ4v) is 4.30. The Morgan fingerprint density at radius 2 is 1.70 bits per heavy atom. The Morgan fingerprint density at radius 3 is 2.30 bits per heavy atom. The molecule has 0 unspecified atom stereocenters. The number of hydrogen-bond donors (Lipinski definition) is 0. The number of benzene rings is 2. The van der Waals surface area contributed by atoms with Crippen LogP contribution in [-0.2, 0) is 0 Å². The molecule has 5 nitrogen and oxygen atoms in total. The van der Waals surface area contributed by atoms with E-state index in [2.05, 4.69) is 12.0 Å². The average molecular weight is 372 g/mol. The topological polar surface area (TPSA) is 61.0 Å². The van der Waals surface area contributed by atoms with Crippen LogP contribution in [0.3, 0.4) is 0 Å². The molecule has 6 heteroatoms. The van der Waals surface area contributed by atoms with Crippen molar-refractivity contribution < 1.29 is 4.92 Å². The third-order valence-electron chi connectivity index (χ3n) is 3.49. The van der Waals surface area contributed by atoms with E-state index in [4.69, 9.17) is 0 Å². The third-order valence-corrected chi connectivity index (χ3v) is 6.23. The van der Waals surface area contributed by atoms with E-state index in [9.17, 15) is 10.1 Å². The molecule has 0 N–H and O–H groups in total. The van der Waals surface area contributed by atoms with Crippen molar-refractivity contribution in [3.63, 3.8) is 0 Å². The van der Waals surface area contributed by atoms with Crippen molar-refractivity contribution in [1.82, 2.24) is 9.78 Å². The molecule has 0 radical (unpaired) electrons. The Balaban J connectivity index is 1.92. The quantitative estimate of drug-likeness (QED) is 0.400. The zero-order valence-corrected chi connectivity index (χ0v) is 14.5. The zero-order valence-electron chi connectivity index (χ0n) is 12.8. The Kier molecular flexibility index (Phi) is 4.28. The van der Waals surface area contributed by atoms with Gasteiger partial charge in [-0.1, -0.05) is 0 Å². The third kappa shape index (κ3) is 3.18. The fraction of sp³-hybridized carbons (Fsp3) is 0.118. The molecule has 2 aromatic carbocycles. The standard InChI is InChI=1S/C17H15N3O2Se/c1-12-17(23-16-10-8-15(9-11-16)20(21)22)13(2)19(18-12)14-6-4-3-5-7-14/h3-11H,1-2H3. The molecule has 0 bridgehead atoms. The van der Waals surface area contributed by atoms with Gasteiger partial charge in [-0.25, -0.2) is 0 Å². The molecule has 0 aliphatic carbocycles. The van der Waals surface area contributed by atoms with Crippen LogP contribution in [0.4, 0.5) is 5.69 Å². The van der Waals surface area contributed by atoms with E-state index in [-0.39, 0.29) is 25.6 Å². The first kappa shape index (κ1) is 15.5. The molecule has 3 rings (SSSR count). The number of aromatic nitrogens is 2. The van der Waals surface area contributed by atoms with Gasteiger partial charge in [-0.3, -0.25) is 0 Å². The summed E-state index contributed by atoms with van der Waals surface area (Å²) in [5, 5.41) is 15.4. The summed E-state index contributed by atoms with van der Waals surface area (Å²) in [4.78, 5) is 10.4. The van der Waals surface area contributed by atoms with Crippen molar-refractivity contribution >= 4 is 29.6 Å². The maximum atomic E-state index is 10.7. The minimum absolute atomic E-state index is 0.0658. The summed E-state index contributed by atoms with van der Waals surface area (Å²) in [6, 6.07) is 16.8. The molecular weight excluding hydrogens is 357 g/mol. The van der Waals surface area contributed by atoms with Crippen LogP contribution >= 0.6 is 0 Å². The number of rotatable bonds is 4. The van der Waals surface area contributed by atoms with Crippen molar-refractivity contribution in [2.45, 2.75) is 13.8 Å². The van der Waals surface area contributed by atoms with E-state index >= 15 is 0 Å². The van der Waals surface area contributed by atoms with Gasteiger partial charge in [0, 0.05) is 0 Å². The van der Waals surface area contributed by atoms with Crippen LogP contribution in [-0.4, -0.2) is 29.7 Å². The van der Waals surface area contributed by atoms with Gasteiger partial charge in [-0.2, -0.15) is 0 Å². The van der Waals surface area contributed by atoms with Gasteiger partial charge in [0.05, 0.1) is 0 Å². The summed E-state index contributed by atoms with van der Waals surface area (Å²) in [6.07, 6.45) is 0. The predicted molar refractivity (Wildman–Crippen MR) is 91.2 cm³/mol. The average Bonchev–Trinajstić information content (AvgIpc) is 2.84. The SMILES string of the molecule is Cc1nn(-c2ccccc2)c(C)c1[Se]c1ccc([N+](=O)[O-])cc1. The Morgan fingerprint density at radius 1 is 1.04 bits per heavy atom. The maximum absolute atomic E-state index is 10.7. The van der Waals surface area contributed by atoms with Gasteiger partial charge in [0.15, 0.2) is 0 Å². The molecule has 116 valence electrons. The monoisotopic (exact) mass is 373 g/mol. The van der Waals surface area contributed by atoms with Crippen molar-refractivity contribution in [1.29, 1.82) is 0 Å². The van der Waals surface area contributed by atoms with Crippen molar-refractivity contribution in [3.05, 3.63) is 76.1 Å². The van der Waals surface area contributed by atoms with E-state index in [1.165, 1.54) is 4.46 Å². The molecule has 1 aromatic heterocycles. The summed E-state index contributed by atoms with van der Waals surface area (Å²) >= 11 is 0.0658. The van der Waals surface area contributed by atoms with Gasteiger partial charge in [-0.15, -0.1) is 0 Å². The first-order chi connectivity index (χ1) is 11.1. The molecule has 23 heavy (non-hydrogen) atoms. The molecule has 0 spiro atoms. The Bertz CT molecular complexity index is 842. The number of para-hydroxylation sites is 1. The second kappa shape index (κ2) is 6.36. The predicted octanol–water partition coefficient (Wildman–Crippen LogP) is 2.05. The number of non-ortho nitro benzene ring substituents is 1. The van der Waals surface area contributed by atoms with E-state index < -0.39 is 0 Å². The summed E-state index contributed by atoms with van der Waals surface area (Å²) in [6.45, 7) is 4.07. The molecule has 0 aliphatic rings. The summed E-state index contributed by atoms with van der Waals surface area (Å²) in [7, 11) is 0. The van der Waals surface area contributed by atoms with Crippen LogP contribution in [0, 0.1) is 24.0 Å². The van der Waals surface area contributed by atoms with Crippen LogP contribution in [0.1, 0.15) is 11.4 Å². The molecule has 0 fully saturated rings. The van der Waals surface area contributed by atoms with E-state index in [0.717, 1.165) is 21.5 Å². The van der Waals surface area contributed by atoms with Gasteiger partial charge < -0.3 is 0 Å². The fourth-order valence-electron chi connectivity index (χ4n) is 2.35. The van der Waals surface area contributed by atoms with Crippen LogP contribution in [0.2, 0.25) is 0 Å². The summed E-state index contributed by atoms with van der Waals surface area (Å²) in [5.74, 6) is 0. The van der Waals surface area contributed by atoms with Gasteiger partial charge in [0.2, 0.25) is 0 Å². The van der Waals surface area contributed by atoms with E-state index in [0.29, 0.717) is 0 Å². The molecule has 0 atom stereocenters. The second-order valence-electron chi connectivity index (χ2n) is 5.10. The molecule has 3 aromatic rings. The first-order valence-electron chi connectivity index (χ1n) is 7.10. The zero-order chi connectivity index (χ0) is 16.4. The second-order valence-corrected chi connectivity index (χ2v) is 7.37. The summed E-state index contributed by atoms with van der Waals surface area (Å²) < 4.78 is 4.27. The van der Waals surface area contributed by atoms with Crippen molar-refractivity contribution in [3.8, 4) is 5.69 Å². The first-order valence-corrected chi connectivity index (χ1v) is 8.81. The molecule has 0 amide bonds. The van der Waals surface area contributed by atoms with Gasteiger partial charge in [-0.05, 0) is 0 Å². The molecule has 0 aliphatic heterocycles. The molecule has 0 saturated carbocycles. The normalized spacial score (nSPS) is 10.7. The van der Waals surface area contributed by atoms with Crippen LogP contribution in [0.25, 0.3) is 5.69 Å². The Labute approximate surface area is 140 Å². The number of nitrogens with zero attached hydrogens (tertiary/aromatic N) is 3. The molecule has 1 heterocycles. The number of hydrogen-bond acceptors (Lipinski definition) is 3. The number of nitro groups is 1. The van der Waals surface area contributed by atoms with Crippen molar-refractivity contribution in [2.75, 3.05) is 0 Å². The van der Waals surface area contributed by atoms with E-state index in [1.54, 1.807) is 12.1 Å². The number of nitro benzene ring substituents is 1. The summed E-state index contributed by atoms with van der Waals surface area (Å²) in [5.41, 5.74) is 3.29. The molecule has 0 saturated heterocycles.